The third-order valence-electron chi connectivity index (χ3n) is 4.00. The summed E-state index contributed by atoms with van der Waals surface area (Å²) in [6.07, 6.45) is 4.69. The van der Waals surface area contributed by atoms with Gasteiger partial charge < -0.3 is 14.8 Å². The molecule has 1 fully saturated rings. The number of aryl methyl sites for hydroxylation is 1. The zero-order valence-electron chi connectivity index (χ0n) is 14.3. The van der Waals surface area contributed by atoms with Gasteiger partial charge in [0.05, 0.1) is 5.56 Å². The smallest absolute Gasteiger partial charge is 0.274 e. The third-order valence-corrected chi connectivity index (χ3v) is 4.00. The van der Waals surface area contributed by atoms with Crippen LogP contribution in [-0.4, -0.2) is 34.4 Å². The molecule has 23 heavy (non-hydrogen) atoms. The van der Waals surface area contributed by atoms with E-state index in [1.54, 1.807) is 32.7 Å². The van der Waals surface area contributed by atoms with Crippen molar-refractivity contribution < 1.29 is 9.59 Å². The van der Waals surface area contributed by atoms with Crippen molar-refractivity contribution >= 4 is 17.5 Å². The molecular formula is C17H25N3O3. The van der Waals surface area contributed by atoms with Crippen LogP contribution in [0.15, 0.2) is 17.1 Å². The number of nitrogens with one attached hydrogen (secondary N) is 1. The Morgan fingerprint density at radius 1 is 1.13 bits per heavy atom. The van der Waals surface area contributed by atoms with Gasteiger partial charge in [-0.2, -0.15) is 0 Å². The maximum Gasteiger partial charge on any atom is 0.274 e. The van der Waals surface area contributed by atoms with Crippen LogP contribution in [0.5, 0.6) is 0 Å². The van der Waals surface area contributed by atoms with E-state index in [0.717, 1.165) is 32.4 Å². The predicted octanol–water partition coefficient (Wildman–Crippen LogP) is 2.00. The quantitative estimate of drug-likeness (QED) is 0.906. The van der Waals surface area contributed by atoms with Gasteiger partial charge in [-0.25, -0.2) is 0 Å². The summed E-state index contributed by atoms with van der Waals surface area (Å²) < 4.78 is 1.34. The molecule has 0 radical (unpaired) electrons. The van der Waals surface area contributed by atoms with Crippen molar-refractivity contribution in [3.63, 3.8) is 0 Å². The molecule has 0 atom stereocenters. The van der Waals surface area contributed by atoms with Crippen LogP contribution in [0.1, 0.15) is 50.4 Å². The van der Waals surface area contributed by atoms with Crippen molar-refractivity contribution in [1.82, 2.24) is 9.47 Å². The molecule has 6 nitrogen and oxygen atoms in total. The SMILES string of the molecule is Cn1cc(C(=O)N2CCCCC2)cc(NC(=O)C(C)(C)C)c1=O. The highest BCUT2D eigenvalue weighted by Crippen LogP contribution is 2.18. The Bertz CT molecular complexity index is 665. The Morgan fingerprint density at radius 2 is 1.74 bits per heavy atom. The number of carbonyl (C=O) groups is 2. The molecule has 6 heteroatoms. The fourth-order valence-electron chi connectivity index (χ4n) is 2.51. The number of nitrogens with zero attached hydrogens (tertiary/aromatic N) is 2. The maximum absolute atomic E-state index is 12.6. The normalized spacial score (nSPS) is 15.4. The van der Waals surface area contributed by atoms with Gasteiger partial charge in [0.15, 0.2) is 0 Å². The molecule has 2 rings (SSSR count). The second kappa shape index (κ2) is 6.56. The van der Waals surface area contributed by atoms with Crippen molar-refractivity contribution in [2.45, 2.75) is 40.0 Å². The number of rotatable bonds is 2. The largest absolute Gasteiger partial charge is 0.339 e. The molecule has 1 saturated heterocycles. The average Bonchev–Trinajstić information content (AvgIpc) is 2.50. The zero-order valence-corrected chi connectivity index (χ0v) is 14.3. The summed E-state index contributed by atoms with van der Waals surface area (Å²) in [6, 6.07) is 1.49. The Kier molecular flexibility index (Phi) is 4.92. The first kappa shape index (κ1) is 17.2. The third kappa shape index (κ3) is 4.00. The first-order valence-electron chi connectivity index (χ1n) is 8.01. The lowest BCUT2D eigenvalue weighted by molar-refractivity contribution is -0.123. The number of likely N-dealkylation sites (tertiary alicyclic amines) is 1. The minimum Gasteiger partial charge on any atom is -0.339 e. The van der Waals surface area contributed by atoms with Crippen LogP contribution in [0.25, 0.3) is 0 Å². The molecule has 0 bridgehead atoms. The minimum atomic E-state index is -0.613. The molecule has 2 amide bonds. The minimum absolute atomic E-state index is 0.0912. The van der Waals surface area contributed by atoms with E-state index in [1.807, 2.05) is 0 Å². The molecule has 1 aromatic rings. The highest BCUT2D eigenvalue weighted by Gasteiger charge is 2.24. The number of carbonyl (C=O) groups excluding carboxylic acids is 2. The summed E-state index contributed by atoms with van der Waals surface area (Å²) in [6.45, 7) is 6.80. The highest BCUT2D eigenvalue weighted by atomic mass is 16.2. The molecule has 2 heterocycles. The second-order valence-electron chi connectivity index (χ2n) is 7.12. The molecule has 0 spiro atoms. The first-order valence-corrected chi connectivity index (χ1v) is 8.01. The van der Waals surface area contributed by atoms with E-state index in [4.69, 9.17) is 0 Å². The van der Waals surface area contributed by atoms with Crippen LogP contribution in [0, 0.1) is 5.41 Å². The molecule has 0 saturated carbocycles. The van der Waals surface area contributed by atoms with Gasteiger partial charge in [-0.05, 0) is 25.3 Å². The van der Waals surface area contributed by atoms with Crippen LogP contribution in [0.4, 0.5) is 5.69 Å². The molecule has 1 N–H and O–H groups in total. The van der Waals surface area contributed by atoms with Crippen LogP contribution in [0.2, 0.25) is 0 Å². The van der Waals surface area contributed by atoms with Crippen molar-refractivity contribution in [3.8, 4) is 0 Å². The number of hydrogen-bond acceptors (Lipinski definition) is 3. The van der Waals surface area contributed by atoms with Gasteiger partial charge in [-0.1, -0.05) is 20.8 Å². The summed E-state index contributed by atoms with van der Waals surface area (Å²) in [4.78, 5) is 38.7. The molecule has 0 aromatic carbocycles. The van der Waals surface area contributed by atoms with Gasteiger partial charge in [0, 0.05) is 31.7 Å². The van der Waals surface area contributed by atoms with Crippen molar-refractivity contribution in [3.05, 3.63) is 28.2 Å². The van der Waals surface area contributed by atoms with Gasteiger partial charge in [0.2, 0.25) is 5.91 Å². The highest BCUT2D eigenvalue weighted by molar-refractivity contribution is 5.98. The summed E-state index contributed by atoms with van der Waals surface area (Å²) in [5.74, 6) is -0.344. The summed E-state index contributed by atoms with van der Waals surface area (Å²) in [5, 5.41) is 2.65. The van der Waals surface area contributed by atoms with Crippen LogP contribution < -0.4 is 10.9 Å². The van der Waals surface area contributed by atoms with Gasteiger partial charge >= 0.3 is 0 Å². The number of pyridine rings is 1. The van der Waals surface area contributed by atoms with Crippen molar-refractivity contribution in [2.75, 3.05) is 18.4 Å². The lowest BCUT2D eigenvalue weighted by Gasteiger charge is -2.27. The number of hydrogen-bond donors (Lipinski definition) is 1. The first-order chi connectivity index (χ1) is 10.7. The predicted molar refractivity (Wildman–Crippen MR) is 89.5 cm³/mol. The Balaban J connectivity index is 2.30. The molecule has 1 aromatic heterocycles. The summed E-state index contributed by atoms with van der Waals surface area (Å²) >= 11 is 0. The fraction of sp³-hybridized carbons (Fsp3) is 0.588. The van der Waals surface area contributed by atoms with Crippen molar-refractivity contribution in [2.24, 2.45) is 12.5 Å². The fourth-order valence-corrected chi connectivity index (χ4v) is 2.51. The van der Waals surface area contributed by atoms with E-state index >= 15 is 0 Å². The summed E-state index contributed by atoms with van der Waals surface area (Å²) in [5.41, 5.74) is -0.357. The van der Waals surface area contributed by atoms with Crippen LogP contribution >= 0.6 is 0 Å². The number of piperidine rings is 1. The lowest BCUT2D eigenvalue weighted by Crippen LogP contribution is -2.37. The van der Waals surface area contributed by atoms with Crippen LogP contribution in [0.3, 0.4) is 0 Å². The van der Waals surface area contributed by atoms with E-state index in [1.165, 1.54) is 16.8 Å². The number of aromatic nitrogens is 1. The molecule has 1 aliphatic heterocycles. The molecule has 0 aliphatic carbocycles. The monoisotopic (exact) mass is 319 g/mol. The second-order valence-corrected chi connectivity index (χ2v) is 7.12. The van der Waals surface area contributed by atoms with E-state index in [2.05, 4.69) is 5.32 Å². The molecule has 0 unspecified atom stereocenters. The van der Waals surface area contributed by atoms with Gasteiger partial charge in [0.1, 0.15) is 5.69 Å². The molecule has 126 valence electrons. The van der Waals surface area contributed by atoms with E-state index < -0.39 is 5.41 Å². The van der Waals surface area contributed by atoms with Gasteiger partial charge in [-0.3, -0.25) is 14.4 Å². The zero-order chi connectivity index (χ0) is 17.2. The van der Waals surface area contributed by atoms with E-state index in [9.17, 15) is 14.4 Å². The Hall–Kier alpha value is -2.11. The topological polar surface area (TPSA) is 71.4 Å². The van der Waals surface area contributed by atoms with Gasteiger partial charge in [0.25, 0.3) is 11.5 Å². The van der Waals surface area contributed by atoms with Gasteiger partial charge in [-0.15, -0.1) is 0 Å². The number of amides is 2. The maximum atomic E-state index is 12.6. The van der Waals surface area contributed by atoms with Crippen molar-refractivity contribution in [1.29, 1.82) is 0 Å². The van der Waals surface area contributed by atoms with Crippen LogP contribution in [-0.2, 0) is 11.8 Å². The summed E-state index contributed by atoms with van der Waals surface area (Å²) in [7, 11) is 1.59. The molecular weight excluding hydrogens is 294 g/mol. The van der Waals surface area contributed by atoms with E-state index in [-0.39, 0.29) is 23.1 Å². The average molecular weight is 319 g/mol. The standard InChI is InChI=1S/C17H25N3O3/c1-17(2,3)16(23)18-13-10-12(11-19(4)15(13)22)14(21)20-8-6-5-7-9-20/h10-11H,5-9H2,1-4H3,(H,18,23). The van der Waals surface area contributed by atoms with E-state index in [0.29, 0.717) is 5.56 Å². The Morgan fingerprint density at radius 3 is 2.30 bits per heavy atom. The Labute approximate surface area is 136 Å². The lowest BCUT2D eigenvalue weighted by atomic mass is 9.95. The molecule has 1 aliphatic rings. The number of anilines is 1.